The second kappa shape index (κ2) is 9.60. The van der Waals surface area contributed by atoms with E-state index in [1.807, 2.05) is 0 Å². The fraction of sp³-hybridized carbons (Fsp3) is 0.444. The first-order chi connectivity index (χ1) is 19.6. The average molecular weight is 592 g/mol. The number of thiazole rings is 1. The number of nitrogens with two attached hydrogens (primary N) is 1. The van der Waals surface area contributed by atoms with Crippen molar-refractivity contribution in [2.75, 3.05) is 43.8 Å². The molecule has 4 N–H and O–H groups in total. The van der Waals surface area contributed by atoms with Crippen LogP contribution in [0.3, 0.4) is 0 Å². The van der Waals surface area contributed by atoms with E-state index in [1.165, 1.54) is 0 Å². The first-order valence-corrected chi connectivity index (χ1v) is 14.3. The largest absolute Gasteiger partial charge is 0.461 e. The molecule has 3 fully saturated rings. The Balaban J connectivity index is 1.41. The van der Waals surface area contributed by atoms with E-state index in [4.69, 9.17) is 10.5 Å². The van der Waals surface area contributed by atoms with Crippen LogP contribution in [0.5, 0.6) is 6.01 Å². The lowest BCUT2D eigenvalue weighted by Gasteiger charge is -2.31. The number of nitrogen functional groups attached to an aromatic ring is 1. The molecular formula is C27H26F5N7OS. The third kappa shape index (κ3) is 4.43. The van der Waals surface area contributed by atoms with Gasteiger partial charge < -0.3 is 21.1 Å². The fourth-order valence-corrected chi connectivity index (χ4v) is 7.07. The molecule has 3 saturated heterocycles. The van der Waals surface area contributed by atoms with Crippen molar-refractivity contribution in [2.24, 2.45) is 0 Å². The molecule has 7 rings (SSSR count). The van der Waals surface area contributed by atoms with Gasteiger partial charge in [-0.3, -0.25) is 4.90 Å². The minimum absolute atomic E-state index is 0.0491. The Labute approximate surface area is 235 Å². The number of alkyl halides is 3. The zero-order valence-electron chi connectivity index (χ0n) is 21.7. The molecular weight excluding hydrogens is 565 g/mol. The number of hydrogen-bond donors (Lipinski definition) is 3. The molecule has 14 heteroatoms. The Morgan fingerprint density at radius 2 is 1.85 bits per heavy atom. The molecule has 0 atom stereocenters. The van der Waals surface area contributed by atoms with Gasteiger partial charge in [-0.15, -0.1) is 0 Å². The van der Waals surface area contributed by atoms with E-state index in [0.29, 0.717) is 19.7 Å². The van der Waals surface area contributed by atoms with Crippen molar-refractivity contribution in [2.45, 2.75) is 43.4 Å². The number of benzene rings is 2. The topological polar surface area (TPSA) is 101 Å². The number of hydrogen-bond acceptors (Lipinski definition) is 9. The molecule has 2 aromatic carbocycles. The lowest BCUT2D eigenvalue weighted by atomic mass is 9.95. The number of ether oxygens (including phenoxy) is 1. The highest BCUT2D eigenvalue weighted by molar-refractivity contribution is 7.22. The Morgan fingerprint density at radius 1 is 1.10 bits per heavy atom. The van der Waals surface area contributed by atoms with E-state index in [9.17, 15) is 17.6 Å². The van der Waals surface area contributed by atoms with Gasteiger partial charge >= 0.3 is 12.2 Å². The predicted octanol–water partition coefficient (Wildman–Crippen LogP) is 5.18. The van der Waals surface area contributed by atoms with E-state index < -0.39 is 28.9 Å². The van der Waals surface area contributed by atoms with E-state index >= 15 is 4.39 Å². The number of rotatable bonds is 6. The summed E-state index contributed by atoms with van der Waals surface area (Å²) >= 11 is 0.779. The zero-order chi connectivity index (χ0) is 28.5. The molecule has 0 bridgehead atoms. The SMILES string of the molecule is Nc1nc2c(-c3c(C(F)(F)F)cc4c(NC5CNC5)nc(OCC56CCCN5CCC6)nc4c3F)ccc(F)c2s1. The van der Waals surface area contributed by atoms with Crippen molar-refractivity contribution in [3.05, 3.63) is 35.4 Å². The van der Waals surface area contributed by atoms with Gasteiger partial charge in [-0.1, -0.05) is 11.3 Å². The molecule has 0 unspecified atom stereocenters. The van der Waals surface area contributed by atoms with Gasteiger partial charge in [-0.05, 0) is 57.0 Å². The molecule has 2 aromatic heterocycles. The summed E-state index contributed by atoms with van der Waals surface area (Å²) in [6, 6.07) is 2.68. The predicted molar refractivity (Wildman–Crippen MR) is 146 cm³/mol. The van der Waals surface area contributed by atoms with E-state index in [1.54, 1.807) is 0 Å². The highest BCUT2D eigenvalue weighted by atomic mass is 32.1. The van der Waals surface area contributed by atoms with E-state index in [0.717, 1.165) is 68.3 Å². The van der Waals surface area contributed by atoms with Crippen molar-refractivity contribution in [3.63, 3.8) is 0 Å². The van der Waals surface area contributed by atoms with Crippen LogP contribution in [-0.2, 0) is 6.18 Å². The number of anilines is 2. The van der Waals surface area contributed by atoms with Crippen molar-refractivity contribution in [1.29, 1.82) is 0 Å². The van der Waals surface area contributed by atoms with Crippen LogP contribution in [0.1, 0.15) is 31.2 Å². The van der Waals surface area contributed by atoms with E-state index in [2.05, 4.69) is 30.5 Å². The molecule has 0 spiro atoms. The molecule has 4 aromatic rings. The van der Waals surface area contributed by atoms with Gasteiger partial charge in [0.05, 0.1) is 27.4 Å². The van der Waals surface area contributed by atoms with Gasteiger partial charge in [0.25, 0.3) is 0 Å². The third-order valence-corrected chi connectivity index (χ3v) is 9.29. The van der Waals surface area contributed by atoms with Gasteiger partial charge in [0.2, 0.25) is 0 Å². The van der Waals surface area contributed by atoms with Crippen LogP contribution in [0.25, 0.3) is 32.2 Å². The Hall–Kier alpha value is -3.36. The van der Waals surface area contributed by atoms with Crippen molar-refractivity contribution >= 4 is 43.4 Å². The van der Waals surface area contributed by atoms with Gasteiger partial charge in [-0.25, -0.2) is 13.8 Å². The highest BCUT2D eigenvalue weighted by Gasteiger charge is 2.45. The minimum Gasteiger partial charge on any atom is -0.461 e. The Bertz CT molecular complexity index is 1660. The molecule has 3 aliphatic rings. The summed E-state index contributed by atoms with van der Waals surface area (Å²) in [5, 5.41) is 6.04. The molecule has 0 radical (unpaired) electrons. The van der Waals surface area contributed by atoms with Crippen LogP contribution >= 0.6 is 11.3 Å². The van der Waals surface area contributed by atoms with Gasteiger partial charge in [-0.2, -0.15) is 23.1 Å². The summed E-state index contributed by atoms with van der Waals surface area (Å²) in [6.07, 6.45) is -0.928. The highest BCUT2D eigenvalue weighted by Crippen LogP contribution is 2.46. The average Bonchev–Trinajstić information content (AvgIpc) is 3.59. The first kappa shape index (κ1) is 26.5. The maximum Gasteiger partial charge on any atom is 0.417 e. The van der Waals surface area contributed by atoms with Crippen molar-refractivity contribution < 1.29 is 26.7 Å². The quantitative estimate of drug-likeness (QED) is 0.264. The van der Waals surface area contributed by atoms with Crippen LogP contribution in [0.4, 0.5) is 32.9 Å². The fourth-order valence-electron chi connectivity index (χ4n) is 6.31. The molecule has 8 nitrogen and oxygen atoms in total. The van der Waals surface area contributed by atoms with Crippen molar-refractivity contribution in [3.8, 4) is 17.1 Å². The molecule has 216 valence electrons. The number of nitrogens with zero attached hydrogens (tertiary/aromatic N) is 4. The monoisotopic (exact) mass is 591 g/mol. The van der Waals surface area contributed by atoms with Crippen LogP contribution in [-0.4, -0.2) is 64.2 Å². The molecule has 41 heavy (non-hydrogen) atoms. The van der Waals surface area contributed by atoms with Crippen LogP contribution in [0.2, 0.25) is 0 Å². The van der Waals surface area contributed by atoms with Gasteiger partial charge in [0, 0.05) is 29.6 Å². The molecule has 0 aliphatic carbocycles. The van der Waals surface area contributed by atoms with Gasteiger partial charge in [0.15, 0.2) is 10.9 Å². The van der Waals surface area contributed by atoms with Crippen LogP contribution in [0.15, 0.2) is 18.2 Å². The summed E-state index contributed by atoms with van der Waals surface area (Å²) in [4.78, 5) is 15.2. The lowest BCUT2D eigenvalue weighted by molar-refractivity contribution is -0.137. The maximum atomic E-state index is 16.5. The lowest BCUT2D eigenvalue weighted by Crippen LogP contribution is -2.51. The minimum atomic E-state index is -4.95. The van der Waals surface area contributed by atoms with Gasteiger partial charge in [0.1, 0.15) is 23.8 Å². The van der Waals surface area contributed by atoms with Crippen LogP contribution in [0, 0.1) is 11.6 Å². The van der Waals surface area contributed by atoms with E-state index in [-0.39, 0.29) is 55.2 Å². The summed E-state index contributed by atoms with van der Waals surface area (Å²) < 4.78 is 80.5. The number of halogens is 5. The second-order valence-electron chi connectivity index (χ2n) is 10.9. The molecule has 3 aliphatic heterocycles. The normalized spacial score (nSPS) is 19.1. The standard InChI is InChI=1S/C27H26F5N7OS/c28-17-4-3-14(21-22(17)41-24(33)36-21)18-16(27(30,31)32)9-15-20(19(18)29)37-25(38-23(15)35-13-10-34-11-13)40-12-26-5-1-7-39(26)8-2-6-26/h3-4,9,13,34H,1-2,5-8,10-12H2,(H2,33,36)(H,35,37,38). The number of aromatic nitrogens is 3. The number of fused-ring (bicyclic) bond motifs is 3. The smallest absolute Gasteiger partial charge is 0.417 e. The summed E-state index contributed by atoms with van der Waals surface area (Å²) in [7, 11) is 0. The first-order valence-electron chi connectivity index (χ1n) is 13.4. The summed E-state index contributed by atoms with van der Waals surface area (Å²) in [5.74, 6) is -1.88. The second-order valence-corrected chi connectivity index (χ2v) is 11.9. The molecule has 0 saturated carbocycles. The zero-order valence-corrected chi connectivity index (χ0v) is 22.6. The summed E-state index contributed by atoms with van der Waals surface area (Å²) in [5.41, 5.74) is 2.87. The van der Waals surface area contributed by atoms with Crippen molar-refractivity contribution in [1.82, 2.24) is 25.2 Å². The number of nitrogens with one attached hydrogen (secondary N) is 2. The Kier molecular flexibility index (Phi) is 6.21. The maximum absolute atomic E-state index is 16.5. The molecule has 0 amide bonds. The molecule has 5 heterocycles. The third-order valence-electron chi connectivity index (χ3n) is 8.40. The summed E-state index contributed by atoms with van der Waals surface area (Å²) in [6.45, 7) is 3.41. The Morgan fingerprint density at radius 3 is 2.54 bits per heavy atom. The van der Waals surface area contributed by atoms with Crippen LogP contribution < -0.4 is 21.1 Å².